The molecule has 0 spiro atoms. The Labute approximate surface area is 218 Å². The van der Waals surface area contributed by atoms with Crippen LogP contribution in [0.3, 0.4) is 0 Å². The molecule has 2 aliphatic heterocycles. The molecule has 1 unspecified atom stereocenters. The number of carbonyl (C=O) groups excluding carboxylic acids is 3. The minimum atomic E-state index is -4.59. The van der Waals surface area contributed by atoms with E-state index in [0.717, 1.165) is 17.8 Å². The van der Waals surface area contributed by atoms with Crippen molar-refractivity contribution in [3.05, 3.63) is 46.8 Å². The van der Waals surface area contributed by atoms with Gasteiger partial charge in [0.25, 0.3) is 5.91 Å². The highest BCUT2D eigenvalue weighted by Gasteiger charge is 2.35. The Morgan fingerprint density at radius 1 is 1.11 bits per heavy atom. The number of fused-ring (bicyclic) bond motifs is 1. The lowest BCUT2D eigenvalue weighted by Gasteiger charge is -2.36. The van der Waals surface area contributed by atoms with E-state index in [-0.39, 0.29) is 30.0 Å². The highest BCUT2D eigenvalue weighted by atomic mass is 19.4. The number of nitrogens with one attached hydrogen (secondary N) is 1. The van der Waals surface area contributed by atoms with Crippen LogP contribution < -0.4 is 5.32 Å². The standard InChI is InChI=1S/C26H32F3N5O4/c1-16(35)32-12-10-21-20(15-32)30-23(31-22(36)17-7-5-8-18(13-17)26(27,28)29)34(21)19-9-6-11-33(14-19)24(37)38-25(2,3)4/h5,7-8,13,19H,6,9-12,14-15H2,1-4H3,(H,30,31,36). The number of nitrogens with zero attached hydrogens (tertiary/aromatic N) is 4. The second kappa shape index (κ2) is 10.3. The highest BCUT2D eigenvalue weighted by Crippen LogP contribution is 2.33. The zero-order valence-corrected chi connectivity index (χ0v) is 21.9. The first-order valence-corrected chi connectivity index (χ1v) is 12.5. The molecular weight excluding hydrogens is 503 g/mol. The van der Waals surface area contributed by atoms with Crippen molar-refractivity contribution in [2.45, 2.75) is 71.3 Å². The summed E-state index contributed by atoms with van der Waals surface area (Å²) >= 11 is 0. The van der Waals surface area contributed by atoms with Gasteiger partial charge >= 0.3 is 12.3 Å². The second-order valence-electron chi connectivity index (χ2n) is 10.6. The Morgan fingerprint density at radius 3 is 2.50 bits per heavy atom. The lowest BCUT2D eigenvalue weighted by atomic mass is 10.0. The smallest absolute Gasteiger partial charge is 0.416 e. The molecule has 1 aromatic carbocycles. The molecule has 38 heavy (non-hydrogen) atoms. The summed E-state index contributed by atoms with van der Waals surface area (Å²) in [5, 5.41) is 2.69. The minimum Gasteiger partial charge on any atom is -0.444 e. The lowest BCUT2D eigenvalue weighted by Crippen LogP contribution is -2.44. The highest BCUT2D eigenvalue weighted by molar-refractivity contribution is 6.03. The fourth-order valence-electron chi connectivity index (χ4n) is 4.82. The molecular formula is C26H32F3N5O4. The molecule has 206 valence electrons. The molecule has 3 amide bonds. The van der Waals surface area contributed by atoms with Crippen molar-refractivity contribution >= 4 is 23.9 Å². The number of benzene rings is 1. The number of hydrogen-bond acceptors (Lipinski definition) is 5. The Morgan fingerprint density at radius 2 is 1.84 bits per heavy atom. The molecule has 0 bridgehead atoms. The predicted molar refractivity (Wildman–Crippen MR) is 132 cm³/mol. The van der Waals surface area contributed by atoms with Crippen molar-refractivity contribution in [2.75, 3.05) is 25.0 Å². The Bertz CT molecular complexity index is 1230. The minimum absolute atomic E-state index is 0.103. The van der Waals surface area contributed by atoms with Gasteiger partial charge in [0.1, 0.15) is 5.60 Å². The molecule has 0 aliphatic carbocycles. The van der Waals surface area contributed by atoms with E-state index < -0.39 is 29.3 Å². The van der Waals surface area contributed by atoms with Gasteiger partial charge in [0.2, 0.25) is 11.9 Å². The third-order valence-electron chi connectivity index (χ3n) is 6.59. The molecule has 1 atom stereocenters. The van der Waals surface area contributed by atoms with E-state index in [0.29, 0.717) is 44.6 Å². The third kappa shape index (κ3) is 6.11. The Kier molecular flexibility index (Phi) is 7.44. The maximum absolute atomic E-state index is 13.2. The van der Waals surface area contributed by atoms with Crippen molar-refractivity contribution in [3.8, 4) is 0 Å². The average Bonchev–Trinajstić information content (AvgIpc) is 3.19. The molecule has 3 heterocycles. The number of anilines is 1. The maximum atomic E-state index is 13.2. The van der Waals surface area contributed by atoms with Crippen LogP contribution in [0.2, 0.25) is 0 Å². The van der Waals surface area contributed by atoms with Gasteiger partial charge in [-0.05, 0) is 51.8 Å². The molecule has 1 aromatic heterocycles. The number of imidazole rings is 1. The van der Waals surface area contributed by atoms with Crippen molar-refractivity contribution in [3.63, 3.8) is 0 Å². The monoisotopic (exact) mass is 535 g/mol. The molecule has 1 fully saturated rings. The number of halogens is 3. The summed E-state index contributed by atoms with van der Waals surface area (Å²) in [6.07, 6.45) is -3.14. The molecule has 1 N–H and O–H groups in total. The summed E-state index contributed by atoms with van der Waals surface area (Å²) in [6, 6.07) is 3.94. The van der Waals surface area contributed by atoms with E-state index in [1.165, 1.54) is 19.1 Å². The summed E-state index contributed by atoms with van der Waals surface area (Å²) in [7, 11) is 0. The van der Waals surface area contributed by atoms with Crippen LogP contribution in [0.15, 0.2) is 24.3 Å². The van der Waals surface area contributed by atoms with Gasteiger partial charge in [0.05, 0.1) is 23.8 Å². The fourth-order valence-corrected chi connectivity index (χ4v) is 4.82. The van der Waals surface area contributed by atoms with Gasteiger partial charge in [0.15, 0.2) is 0 Å². The van der Waals surface area contributed by atoms with Gasteiger partial charge in [-0.1, -0.05) is 6.07 Å². The van der Waals surface area contributed by atoms with Gasteiger partial charge in [0, 0.05) is 44.2 Å². The molecule has 9 nitrogen and oxygen atoms in total. The van der Waals surface area contributed by atoms with E-state index in [9.17, 15) is 27.6 Å². The zero-order chi connectivity index (χ0) is 27.8. The molecule has 0 radical (unpaired) electrons. The lowest BCUT2D eigenvalue weighted by molar-refractivity contribution is -0.137. The van der Waals surface area contributed by atoms with E-state index in [1.807, 2.05) is 4.57 Å². The van der Waals surface area contributed by atoms with Crippen molar-refractivity contribution in [1.29, 1.82) is 0 Å². The molecule has 4 rings (SSSR count). The van der Waals surface area contributed by atoms with Gasteiger partial charge < -0.3 is 19.1 Å². The average molecular weight is 536 g/mol. The summed E-state index contributed by atoms with van der Waals surface area (Å²) in [4.78, 5) is 45.7. The largest absolute Gasteiger partial charge is 0.444 e. The quantitative estimate of drug-likeness (QED) is 0.618. The van der Waals surface area contributed by atoms with E-state index in [2.05, 4.69) is 10.3 Å². The number of ether oxygens (including phenoxy) is 1. The van der Waals surface area contributed by atoms with Crippen LogP contribution in [0.1, 0.15) is 73.9 Å². The molecule has 2 aliphatic rings. The molecule has 0 saturated carbocycles. The summed E-state index contributed by atoms with van der Waals surface area (Å²) in [6.45, 7) is 8.41. The molecule has 2 aromatic rings. The SMILES string of the molecule is CC(=O)N1CCc2c(nc(NC(=O)c3cccc(C(F)(F)F)c3)n2C2CCCN(C(=O)OC(C)(C)C)C2)C1. The number of alkyl halides is 3. The first-order chi connectivity index (χ1) is 17.7. The molecule has 1 saturated heterocycles. The number of hydrogen-bond donors (Lipinski definition) is 1. The van der Waals surface area contributed by atoms with Crippen LogP contribution in [-0.2, 0) is 28.7 Å². The van der Waals surface area contributed by atoms with E-state index in [1.54, 1.807) is 30.6 Å². The van der Waals surface area contributed by atoms with Crippen LogP contribution in [-0.4, -0.2) is 62.5 Å². The Balaban J connectivity index is 1.66. The van der Waals surface area contributed by atoms with Crippen molar-refractivity contribution in [2.24, 2.45) is 0 Å². The van der Waals surface area contributed by atoms with Crippen LogP contribution in [0.25, 0.3) is 0 Å². The number of rotatable bonds is 3. The zero-order valence-electron chi connectivity index (χ0n) is 21.9. The number of piperidine rings is 1. The molecule has 12 heteroatoms. The third-order valence-corrected chi connectivity index (χ3v) is 6.59. The summed E-state index contributed by atoms with van der Waals surface area (Å²) in [5.41, 5.74) is -0.293. The number of amides is 3. The van der Waals surface area contributed by atoms with Crippen LogP contribution in [0.5, 0.6) is 0 Å². The van der Waals surface area contributed by atoms with Crippen LogP contribution in [0, 0.1) is 0 Å². The number of likely N-dealkylation sites (tertiary alicyclic amines) is 1. The van der Waals surface area contributed by atoms with E-state index >= 15 is 0 Å². The fraction of sp³-hybridized carbons (Fsp3) is 0.538. The number of aromatic nitrogens is 2. The number of carbonyl (C=O) groups is 3. The predicted octanol–water partition coefficient (Wildman–Crippen LogP) is 4.63. The van der Waals surface area contributed by atoms with Gasteiger partial charge in [-0.2, -0.15) is 13.2 Å². The van der Waals surface area contributed by atoms with E-state index in [4.69, 9.17) is 4.74 Å². The normalized spacial score (nSPS) is 18.1. The van der Waals surface area contributed by atoms with Gasteiger partial charge in [-0.3, -0.25) is 14.9 Å². The van der Waals surface area contributed by atoms with Gasteiger partial charge in [-0.25, -0.2) is 9.78 Å². The van der Waals surface area contributed by atoms with Crippen molar-refractivity contribution < 1.29 is 32.3 Å². The topological polar surface area (TPSA) is 96.8 Å². The van der Waals surface area contributed by atoms with Gasteiger partial charge in [-0.15, -0.1) is 0 Å². The van der Waals surface area contributed by atoms with Crippen molar-refractivity contribution in [1.82, 2.24) is 19.4 Å². The summed E-state index contributed by atoms with van der Waals surface area (Å²) < 4.78 is 47.0. The second-order valence-corrected chi connectivity index (χ2v) is 10.6. The van der Waals surface area contributed by atoms with Crippen LogP contribution >= 0.6 is 0 Å². The first kappa shape index (κ1) is 27.5. The maximum Gasteiger partial charge on any atom is 0.416 e. The van der Waals surface area contributed by atoms with Crippen LogP contribution in [0.4, 0.5) is 23.9 Å². The Hall–Kier alpha value is -3.57. The summed E-state index contributed by atoms with van der Waals surface area (Å²) in [5.74, 6) is -0.657. The first-order valence-electron chi connectivity index (χ1n) is 12.5.